The Morgan fingerprint density at radius 1 is 1.01 bits per heavy atom. The number of rotatable bonds is 10. The van der Waals surface area contributed by atoms with Gasteiger partial charge in [-0.3, -0.25) is 39.3 Å². The number of aliphatic hydroxyl groups is 1. The highest BCUT2D eigenvalue weighted by Gasteiger charge is 2.54. The lowest BCUT2D eigenvalue weighted by atomic mass is 9.72. The fourth-order valence-electron chi connectivity index (χ4n) is 10.4. The summed E-state index contributed by atoms with van der Waals surface area (Å²) in [4.78, 5) is 72.7. The number of thiazole rings is 1. The SMILES string of the molecule is C=c1/c(=C\N=C(C)N2CCC(O)(CC(=O)N3CC4(C3)CN(c3ccc(-c5cc(F)c6cn(C(C(=O)Nc7nccs7)c7ncn8c7CCC8)nc6c5)cc3)C4)CC2)c(N2CCC(=O)NC2=O)nn1C. The molecule has 5 aliphatic rings. The van der Waals surface area contributed by atoms with Crippen molar-refractivity contribution in [1.82, 2.24) is 49.2 Å². The van der Waals surface area contributed by atoms with Crippen LogP contribution >= 0.6 is 11.3 Å². The molecule has 5 amide bonds. The van der Waals surface area contributed by atoms with Crippen molar-refractivity contribution >= 4 is 81.2 Å². The van der Waals surface area contributed by atoms with Gasteiger partial charge in [-0.05, 0) is 68.0 Å². The van der Waals surface area contributed by atoms with Crippen molar-refractivity contribution in [1.29, 1.82) is 0 Å². The van der Waals surface area contributed by atoms with E-state index in [1.54, 1.807) is 42.0 Å². The van der Waals surface area contributed by atoms with Crippen LogP contribution in [-0.4, -0.2) is 130 Å². The largest absolute Gasteiger partial charge is 0.389 e. The lowest BCUT2D eigenvalue weighted by Crippen LogP contribution is -2.73. The number of amides is 5. The molecule has 0 aliphatic carbocycles. The summed E-state index contributed by atoms with van der Waals surface area (Å²) >= 11 is 1.31. The predicted molar refractivity (Wildman–Crippen MR) is 257 cm³/mol. The fraction of sp³-hybridized carbons (Fsp3) is 0.396. The number of imide groups is 1. The number of amidine groups is 1. The van der Waals surface area contributed by atoms with Gasteiger partial charge in [0.05, 0.1) is 45.5 Å². The van der Waals surface area contributed by atoms with Crippen LogP contribution in [0, 0.1) is 11.2 Å². The van der Waals surface area contributed by atoms with Gasteiger partial charge in [0, 0.05) is 107 Å². The summed E-state index contributed by atoms with van der Waals surface area (Å²) in [6.07, 6.45) is 9.40. The molecule has 9 heterocycles. The van der Waals surface area contributed by atoms with Crippen LogP contribution in [0.15, 0.2) is 65.5 Å². The number of benzene rings is 2. The van der Waals surface area contributed by atoms with E-state index >= 15 is 4.39 Å². The number of aromatic nitrogens is 7. The summed E-state index contributed by atoms with van der Waals surface area (Å²) in [6.45, 7) is 11.0. The fourth-order valence-corrected chi connectivity index (χ4v) is 11.0. The van der Waals surface area contributed by atoms with Crippen molar-refractivity contribution in [2.45, 2.75) is 63.6 Å². The number of hydrogen-bond donors (Lipinski definition) is 3. The third-order valence-corrected chi connectivity index (χ3v) is 15.0. The van der Waals surface area contributed by atoms with Crippen LogP contribution in [0.1, 0.15) is 56.5 Å². The molecule has 0 saturated carbocycles. The zero-order valence-electron chi connectivity index (χ0n) is 38.3. The molecule has 11 rings (SSSR count). The number of fused-ring (bicyclic) bond motifs is 2. The highest BCUT2D eigenvalue weighted by molar-refractivity contribution is 7.13. The highest BCUT2D eigenvalue weighted by Crippen LogP contribution is 2.43. The summed E-state index contributed by atoms with van der Waals surface area (Å²) in [7, 11) is 1.73. The normalized spacial score (nSPS) is 19.5. The lowest BCUT2D eigenvalue weighted by molar-refractivity contribution is -0.151. The topological polar surface area (TPSA) is 204 Å². The number of nitrogens with zero attached hydrogens (tertiary/aromatic N) is 12. The molecule has 356 valence electrons. The smallest absolute Gasteiger partial charge is 0.329 e. The maximum Gasteiger partial charge on any atom is 0.329 e. The zero-order valence-corrected chi connectivity index (χ0v) is 39.1. The van der Waals surface area contributed by atoms with E-state index < -0.39 is 23.5 Å². The minimum atomic E-state index is -1.11. The van der Waals surface area contributed by atoms with E-state index in [1.807, 2.05) is 42.2 Å². The Bertz CT molecular complexity index is 3180. The maximum atomic E-state index is 15.9. The third kappa shape index (κ3) is 8.21. The summed E-state index contributed by atoms with van der Waals surface area (Å²) in [5.41, 5.74) is 3.44. The van der Waals surface area contributed by atoms with E-state index in [0.29, 0.717) is 82.7 Å². The summed E-state index contributed by atoms with van der Waals surface area (Å²) in [6, 6.07) is 9.90. The van der Waals surface area contributed by atoms with Crippen LogP contribution in [0.4, 0.5) is 25.8 Å². The second kappa shape index (κ2) is 17.1. The average molecular weight is 955 g/mol. The van der Waals surface area contributed by atoms with E-state index in [4.69, 9.17) is 5.10 Å². The molecule has 2 aromatic carbocycles. The number of halogens is 1. The van der Waals surface area contributed by atoms with Crippen LogP contribution in [0.3, 0.4) is 0 Å². The number of hydrogen-bond acceptors (Lipinski definition) is 12. The molecule has 4 fully saturated rings. The summed E-state index contributed by atoms with van der Waals surface area (Å²) in [5, 5.41) is 29.7. The van der Waals surface area contributed by atoms with Gasteiger partial charge >= 0.3 is 6.03 Å². The van der Waals surface area contributed by atoms with E-state index in [2.05, 4.69) is 51.6 Å². The average Bonchev–Trinajstić information content (AvgIpc) is 4.15. The van der Waals surface area contributed by atoms with Gasteiger partial charge in [0.15, 0.2) is 17.0 Å². The molecule has 3 N–H and O–H groups in total. The molecule has 6 aromatic rings. The van der Waals surface area contributed by atoms with E-state index in [1.165, 1.54) is 27.0 Å². The van der Waals surface area contributed by atoms with Gasteiger partial charge < -0.3 is 24.4 Å². The first-order chi connectivity index (χ1) is 33.2. The number of carbonyl (C=O) groups is 4. The Morgan fingerprint density at radius 3 is 2.54 bits per heavy atom. The Kier molecular flexibility index (Phi) is 10.9. The zero-order chi connectivity index (χ0) is 47.8. The van der Waals surface area contributed by atoms with Gasteiger partial charge in [0.1, 0.15) is 11.7 Å². The summed E-state index contributed by atoms with van der Waals surface area (Å²) < 4.78 is 21.0. The first-order valence-corrected chi connectivity index (χ1v) is 24.0. The van der Waals surface area contributed by atoms with Crippen molar-refractivity contribution in [2.75, 3.05) is 60.9 Å². The second-order valence-electron chi connectivity index (χ2n) is 19.0. The van der Waals surface area contributed by atoms with E-state index in [0.717, 1.165) is 55.3 Å². The predicted octanol–water partition coefficient (Wildman–Crippen LogP) is 2.98. The summed E-state index contributed by atoms with van der Waals surface area (Å²) in [5.74, 6) is -0.0633. The van der Waals surface area contributed by atoms with Crippen LogP contribution < -0.4 is 31.0 Å². The molecule has 5 aliphatic heterocycles. The highest BCUT2D eigenvalue weighted by atomic mass is 32.1. The van der Waals surface area contributed by atoms with Gasteiger partial charge in [0.2, 0.25) is 11.8 Å². The molecule has 4 aromatic heterocycles. The number of anilines is 3. The number of piperidine rings is 1. The Morgan fingerprint density at radius 2 is 1.80 bits per heavy atom. The quantitative estimate of drug-likeness (QED) is 0.135. The van der Waals surface area contributed by atoms with Crippen LogP contribution in [0.25, 0.3) is 34.8 Å². The molecule has 0 bridgehead atoms. The molecular weight excluding hydrogens is 904 g/mol. The van der Waals surface area contributed by atoms with Crippen molar-refractivity contribution in [3.63, 3.8) is 0 Å². The van der Waals surface area contributed by atoms with Gasteiger partial charge in [0.25, 0.3) is 5.91 Å². The van der Waals surface area contributed by atoms with Crippen LogP contribution in [0.2, 0.25) is 0 Å². The third-order valence-electron chi connectivity index (χ3n) is 14.4. The van der Waals surface area contributed by atoms with E-state index in [-0.39, 0.29) is 42.5 Å². The number of carbonyl (C=O) groups excluding carboxylic acids is 4. The molecule has 1 spiro atoms. The number of aryl methyl sites for hydroxylation is 2. The monoisotopic (exact) mass is 954 g/mol. The standard InChI is InChI=1S/C48H51FN14O5S/c1-29-34(43(56-57(29)3)62-15-10-39(64)53-46(62)67)22-51-30(2)58-16-11-48(68,12-17-58)21-40(65)61-26-47(27-61)24-60(25-47)33-8-6-31(7-9-33)32-19-36(49)35-23-63(55-37(35)20-32)42(44(66)54-45-50-13-18-69-45)41-38-5-4-14-59(38)28-52-41/h6-9,13,18-20,22-23,28,42,68H,1,4-5,10-12,14-17,21,24-27H2,2-3H3,(H,50,54,66)(H,53,64,67)/b34-22+,51-30?. The molecule has 1 atom stereocenters. The van der Waals surface area contributed by atoms with Crippen molar-refractivity contribution in [3.8, 4) is 11.1 Å². The molecule has 1 unspecified atom stereocenters. The van der Waals surface area contributed by atoms with Crippen LogP contribution in [-0.2, 0) is 34.4 Å². The minimum absolute atomic E-state index is 0.0142. The second-order valence-corrected chi connectivity index (χ2v) is 19.9. The Balaban J connectivity index is 0.686. The van der Waals surface area contributed by atoms with Crippen molar-refractivity contribution < 1.29 is 28.7 Å². The molecular formula is C48H51FN14O5S. The lowest BCUT2D eigenvalue weighted by Gasteiger charge is -2.61. The first-order valence-electron chi connectivity index (χ1n) is 23.1. The number of likely N-dealkylation sites (tertiary alicyclic amines) is 2. The number of aliphatic imine (C=N–C) groups is 1. The van der Waals surface area contributed by atoms with Gasteiger partial charge in [-0.1, -0.05) is 18.7 Å². The van der Waals surface area contributed by atoms with Gasteiger partial charge in [-0.25, -0.2) is 24.1 Å². The van der Waals surface area contributed by atoms with Crippen molar-refractivity contribution in [2.24, 2.45) is 17.5 Å². The van der Waals surface area contributed by atoms with E-state index in [9.17, 15) is 24.3 Å². The molecule has 4 saturated heterocycles. The Hall–Kier alpha value is -7.26. The number of imidazole rings is 1. The Labute approximate surface area is 399 Å². The first kappa shape index (κ1) is 44.3. The maximum absolute atomic E-state index is 15.9. The number of urea groups is 1. The van der Waals surface area contributed by atoms with Gasteiger partial charge in [-0.15, -0.1) is 11.3 Å². The molecule has 69 heavy (non-hydrogen) atoms. The van der Waals surface area contributed by atoms with Crippen molar-refractivity contribution in [3.05, 3.63) is 88.3 Å². The molecule has 0 radical (unpaired) electrons. The minimum Gasteiger partial charge on any atom is -0.389 e. The molecule has 19 nitrogen and oxygen atoms in total. The van der Waals surface area contributed by atoms with Gasteiger partial charge in [-0.2, -0.15) is 10.2 Å². The molecule has 21 heteroatoms. The van der Waals surface area contributed by atoms with Crippen LogP contribution in [0.5, 0.6) is 0 Å². The number of nitrogens with one attached hydrogen (secondary N) is 2.